The van der Waals surface area contributed by atoms with E-state index in [-0.39, 0.29) is 17.5 Å². The van der Waals surface area contributed by atoms with Crippen LogP contribution >= 0.6 is 15.9 Å². The summed E-state index contributed by atoms with van der Waals surface area (Å²) in [6, 6.07) is 8.21. The third-order valence-corrected chi connectivity index (χ3v) is 3.69. The van der Waals surface area contributed by atoms with Gasteiger partial charge in [0.05, 0.1) is 11.3 Å². The summed E-state index contributed by atoms with van der Waals surface area (Å²) < 4.78 is 2.40. The van der Waals surface area contributed by atoms with Gasteiger partial charge in [-0.05, 0) is 60.1 Å². The molecule has 0 saturated heterocycles. The SMILES string of the molecule is CC(C)n1cccc1C(=O)Nc1ccc(C(=O)O)cc1Br. The summed E-state index contributed by atoms with van der Waals surface area (Å²) in [5.74, 6) is -1.25. The molecule has 110 valence electrons. The first-order chi connectivity index (χ1) is 9.90. The molecule has 0 unspecified atom stereocenters. The summed E-state index contributed by atoms with van der Waals surface area (Å²) in [4.78, 5) is 23.2. The van der Waals surface area contributed by atoms with Crippen LogP contribution in [0, 0.1) is 0 Å². The Morgan fingerprint density at radius 1 is 1.29 bits per heavy atom. The molecule has 0 aliphatic rings. The number of carbonyl (C=O) groups is 2. The standard InChI is InChI=1S/C15H15BrN2O3/c1-9(2)18-7-3-4-13(18)14(19)17-12-6-5-10(15(20)21)8-11(12)16/h3-9H,1-2H3,(H,17,19)(H,20,21). The number of nitrogens with one attached hydrogen (secondary N) is 1. The number of aromatic nitrogens is 1. The highest BCUT2D eigenvalue weighted by Crippen LogP contribution is 2.24. The van der Waals surface area contributed by atoms with Gasteiger partial charge in [-0.2, -0.15) is 0 Å². The number of hydrogen-bond donors (Lipinski definition) is 2. The minimum absolute atomic E-state index is 0.158. The van der Waals surface area contributed by atoms with Crippen LogP contribution < -0.4 is 5.32 Å². The molecule has 5 nitrogen and oxygen atoms in total. The average Bonchev–Trinajstić information content (AvgIpc) is 2.90. The number of hydrogen-bond acceptors (Lipinski definition) is 2. The van der Waals surface area contributed by atoms with Crippen molar-refractivity contribution in [3.05, 3.63) is 52.3 Å². The summed E-state index contributed by atoms with van der Waals surface area (Å²) in [6.07, 6.45) is 1.85. The first-order valence-electron chi connectivity index (χ1n) is 6.41. The molecule has 0 saturated carbocycles. The topological polar surface area (TPSA) is 71.3 Å². The van der Waals surface area contributed by atoms with Crippen molar-refractivity contribution in [1.29, 1.82) is 0 Å². The van der Waals surface area contributed by atoms with Gasteiger partial charge >= 0.3 is 5.97 Å². The zero-order valence-corrected chi connectivity index (χ0v) is 13.2. The van der Waals surface area contributed by atoms with E-state index in [1.165, 1.54) is 12.1 Å². The Morgan fingerprint density at radius 3 is 2.57 bits per heavy atom. The quantitative estimate of drug-likeness (QED) is 0.881. The highest BCUT2D eigenvalue weighted by atomic mass is 79.9. The van der Waals surface area contributed by atoms with Gasteiger partial charge in [-0.1, -0.05) is 0 Å². The molecule has 2 N–H and O–H groups in total. The smallest absolute Gasteiger partial charge is 0.335 e. The lowest BCUT2D eigenvalue weighted by Gasteiger charge is -2.13. The van der Waals surface area contributed by atoms with Crippen LogP contribution in [-0.2, 0) is 0 Å². The number of anilines is 1. The predicted molar refractivity (Wildman–Crippen MR) is 83.9 cm³/mol. The molecule has 0 spiro atoms. The number of carboxylic acids is 1. The van der Waals surface area contributed by atoms with E-state index in [2.05, 4.69) is 21.2 Å². The van der Waals surface area contributed by atoms with Crippen molar-refractivity contribution >= 4 is 33.5 Å². The van der Waals surface area contributed by atoms with E-state index in [1.807, 2.05) is 30.7 Å². The molecule has 21 heavy (non-hydrogen) atoms. The van der Waals surface area contributed by atoms with E-state index < -0.39 is 5.97 Å². The second-order valence-corrected chi connectivity index (χ2v) is 5.70. The Balaban J connectivity index is 2.24. The van der Waals surface area contributed by atoms with Crippen LogP contribution in [0.4, 0.5) is 5.69 Å². The molecule has 1 amide bonds. The minimum Gasteiger partial charge on any atom is -0.478 e. The molecule has 0 atom stereocenters. The van der Waals surface area contributed by atoms with Crippen LogP contribution in [0.1, 0.15) is 40.7 Å². The summed E-state index contributed by atoms with van der Waals surface area (Å²) in [5.41, 5.74) is 1.24. The lowest BCUT2D eigenvalue weighted by atomic mass is 10.2. The van der Waals surface area contributed by atoms with Crippen LogP contribution in [0.15, 0.2) is 41.0 Å². The van der Waals surface area contributed by atoms with Crippen LogP contribution in [0.2, 0.25) is 0 Å². The number of amides is 1. The number of rotatable bonds is 4. The van der Waals surface area contributed by atoms with Gasteiger partial charge in [0.15, 0.2) is 0 Å². The molecular weight excluding hydrogens is 336 g/mol. The van der Waals surface area contributed by atoms with Gasteiger partial charge in [0, 0.05) is 16.7 Å². The Morgan fingerprint density at radius 2 is 2.00 bits per heavy atom. The highest BCUT2D eigenvalue weighted by molar-refractivity contribution is 9.10. The van der Waals surface area contributed by atoms with Crippen LogP contribution in [0.25, 0.3) is 0 Å². The monoisotopic (exact) mass is 350 g/mol. The first-order valence-corrected chi connectivity index (χ1v) is 7.20. The lowest BCUT2D eigenvalue weighted by Crippen LogP contribution is -2.18. The zero-order valence-electron chi connectivity index (χ0n) is 11.6. The first kappa shape index (κ1) is 15.3. The Bertz CT molecular complexity index is 692. The molecule has 1 aromatic heterocycles. The van der Waals surface area contributed by atoms with E-state index in [0.717, 1.165) is 0 Å². The van der Waals surface area contributed by atoms with Crippen LogP contribution in [-0.4, -0.2) is 21.6 Å². The molecule has 0 aliphatic heterocycles. The normalized spacial score (nSPS) is 10.7. The summed E-state index contributed by atoms with van der Waals surface area (Å²) in [7, 11) is 0. The largest absolute Gasteiger partial charge is 0.478 e. The van der Waals surface area contributed by atoms with Gasteiger partial charge in [0.2, 0.25) is 0 Å². The molecule has 0 radical (unpaired) electrons. The van der Waals surface area contributed by atoms with Gasteiger partial charge in [-0.15, -0.1) is 0 Å². The summed E-state index contributed by atoms with van der Waals surface area (Å²) in [6.45, 7) is 3.99. The predicted octanol–water partition coefficient (Wildman–Crippen LogP) is 3.78. The number of carboxylic acid groups (broad SMARTS) is 1. The van der Waals surface area contributed by atoms with E-state index in [0.29, 0.717) is 15.9 Å². The zero-order chi connectivity index (χ0) is 15.6. The second-order valence-electron chi connectivity index (χ2n) is 4.85. The molecular formula is C15H15BrN2O3. The van der Waals surface area contributed by atoms with E-state index in [1.54, 1.807) is 12.1 Å². The number of nitrogens with zero attached hydrogens (tertiary/aromatic N) is 1. The fraction of sp³-hybridized carbons (Fsp3) is 0.200. The summed E-state index contributed by atoms with van der Waals surface area (Å²) in [5, 5.41) is 11.7. The molecule has 0 aliphatic carbocycles. The van der Waals surface area contributed by atoms with Gasteiger partial charge in [0.1, 0.15) is 5.69 Å². The summed E-state index contributed by atoms with van der Waals surface area (Å²) >= 11 is 3.27. The van der Waals surface area contributed by atoms with Crippen molar-refractivity contribution in [2.45, 2.75) is 19.9 Å². The fourth-order valence-corrected chi connectivity index (χ4v) is 2.45. The maximum absolute atomic E-state index is 12.3. The van der Waals surface area contributed by atoms with Crippen molar-refractivity contribution in [2.24, 2.45) is 0 Å². The number of carbonyl (C=O) groups excluding carboxylic acids is 1. The van der Waals surface area contributed by atoms with Gasteiger partial charge in [0.25, 0.3) is 5.91 Å². The Labute approximate surface area is 130 Å². The van der Waals surface area contributed by atoms with E-state index in [9.17, 15) is 9.59 Å². The molecule has 0 fully saturated rings. The molecule has 2 rings (SSSR count). The van der Waals surface area contributed by atoms with Crippen molar-refractivity contribution in [1.82, 2.24) is 4.57 Å². The molecule has 0 bridgehead atoms. The molecule has 6 heteroatoms. The van der Waals surface area contributed by atoms with E-state index >= 15 is 0 Å². The third-order valence-electron chi connectivity index (χ3n) is 3.03. The van der Waals surface area contributed by atoms with Crippen molar-refractivity contribution in [3.8, 4) is 0 Å². The van der Waals surface area contributed by atoms with Crippen molar-refractivity contribution in [2.75, 3.05) is 5.32 Å². The van der Waals surface area contributed by atoms with Crippen LogP contribution in [0.3, 0.4) is 0 Å². The number of aromatic carboxylic acids is 1. The van der Waals surface area contributed by atoms with Crippen LogP contribution in [0.5, 0.6) is 0 Å². The van der Waals surface area contributed by atoms with Crippen molar-refractivity contribution < 1.29 is 14.7 Å². The lowest BCUT2D eigenvalue weighted by molar-refractivity contribution is 0.0696. The maximum Gasteiger partial charge on any atom is 0.335 e. The maximum atomic E-state index is 12.3. The number of benzene rings is 1. The van der Waals surface area contributed by atoms with E-state index in [4.69, 9.17) is 5.11 Å². The highest BCUT2D eigenvalue weighted by Gasteiger charge is 2.14. The molecule has 2 aromatic rings. The molecule has 1 aromatic carbocycles. The average molecular weight is 351 g/mol. The Hall–Kier alpha value is -2.08. The number of halogens is 1. The Kier molecular flexibility index (Phi) is 4.47. The third kappa shape index (κ3) is 3.33. The molecule has 1 heterocycles. The van der Waals surface area contributed by atoms with Crippen molar-refractivity contribution in [3.63, 3.8) is 0 Å². The second kappa shape index (κ2) is 6.13. The fourth-order valence-electron chi connectivity index (χ4n) is 1.97. The van der Waals surface area contributed by atoms with Gasteiger partial charge in [-0.3, -0.25) is 4.79 Å². The van der Waals surface area contributed by atoms with Gasteiger partial charge < -0.3 is 15.0 Å². The van der Waals surface area contributed by atoms with Gasteiger partial charge in [-0.25, -0.2) is 4.79 Å². The minimum atomic E-state index is -1.01.